The second-order valence-electron chi connectivity index (χ2n) is 2.39. The highest BCUT2D eigenvalue weighted by Gasteiger charge is 2.17. The quantitative estimate of drug-likeness (QED) is 0.477. The summed E-state index contributed by atoms with van der Waals surface area (Å²) >= 11 is 0. The smallest absolute Gasteiger partial charge is 0.207 e. The van der Waals surface area contributed by atoms with Crippen LogP contribution in [-0.4, -0.2) is 23.9 Å². The van der Waals surface area contributed by atoms with E-state index in [4.69, 9.17) is 0 Å². The van der Waals surface area contributed by atoms with Crippen molar-refractivity contribution in [1.82, 2.24) is 9.80 Å². The molecule has 2 heteroatoms. The molecule has 0 saturated carbocycles. The van der Waals surface area contributed by atoms with Gasteiger partial charge in [0.05, 0.1) is 0 Å². The highest BCUT2D eigenvalue weighted by Crippen LogP contribution is 2.21. The van der Waals surface area contributed by atoms with Gasteiger partial charge < -0.3 is 9.80 Å². The lowest BCUT2D eigenvalue weighted by atomic mass is 10.4. The molecule has 2 radical (unpaired) electrons. The van der Waals surface area contributed by atoms with Crippen LogP contribution < -0.4 is 0 Å². The Bertz CT molecular complexity index is 133. The van der Waals surface area contributed by atoms with E-state index in [-0.39, 0.29) is 0 Å². The van der Waals surface area contributed by atoms with Crippen molar-refractivity contribution in [1.29, 1.82) is 0 Å². The Hall–Kier alpha value is -0.660. The van der Waals surface area contributed by atoms with Crippen LogP contribution in [0.15, 0.2) is 11.4 Å². The van der Waals surface area contributed by atoms with Crippen molar-refractivity contribution in [2.24, 2.45) is 0 Å². The van der Waals surface area contributed by atoms with Gasteiger partial charge in [0.1, 0.15) is 0 Å². The van der Waals surface area contributed by atoms with Crippen LogP contribution in [0.3, 0.4) is 0 Å². The summed E-state index contributed by atoms with van der Waals surface area (Å²) in [4.78, 5) is 3.99. The van der Waals surface area contributed by atoms with Crippen molar-refractivity contribution >= 4 is 0 Å². The lowest BCUT2D eigenvalue weighted by Crippen LogP contribution is -2.13. The molecule has 1 aliphatic heterocycles. The molecule has 0 fully saturated rings. The van der Waals surface area contributed by atoms with E-state index >= 15 is 0 Å². The van der Waals surface area contributed by atoms with Gasteiger partial charge in [-0.3, -0.25) is 0 Å². The molecule has 9 heavy (non-hydrogen) atoms. The molecule has 0 aliphatic carbocycles. The molecule has 0 amide bonds. The van der Waals surface area contributed by atoms with Gasteiger partial charge in [-0.15, -0.1) is 0 Å². The summed E-state index contributed by atoms with van der Waals surface area (Å²) < 4.78 is 0. The second-order valence-corrected chi connectivity index (χ2v) is 2.39. The number of nitrogens with zero attached hydrogens (tertiary/aromatic N) is 2. The SMILES string of the molecule is CC1=C(C)N(C)[C]N1C. The van der Waals surface area contributed by atoms with Crippen LogP contribution in [0.2, 0.25) is 0 Å². The zero-order chi connectivity index (χ0) is 7.02. The molecule has 0 atom stereocenters. The molecule has 0 unspecified atom stereocenters. The maximum absolute atomic E-state index is 3.11. The van der Waals surface area contributed by atoms with Gasteiger partial charge in [-0.25, -0.2) is 0 Å². The fourth-order valence-electron chi connectivity index (χ4n) is 0.860. The van der Waals surface area contributed by atoms with Crippen molar-refractivity contribution < 1.29 is 0 Å². The van der Waals surface area contributed by atoms with Crippen LogP contribution in [0, 0.1) is 6.67 Å². The van der Waals surface area contributed by atoms with E-state index in [1.165, 1.54) is 11.4 Å². The Balaban J connectivity index is 2.79. The third kappa shape index (κ3) is 0.889. The lowest BCUT2D eigenvalue weighted by Gasteiger charge is -2.11. The zero-order valence-corrected chi connectivity index (χ0v) is 6.39. The molecule has 1 rings (SSSR count). The molecule has 1 aliphatic rings. The third-order valence-corrected chi connectivity index (χ3v) is 1.83. The normalized spacial score (nSPS) is 20.0. The first-order valence-corrected chi connectivity index (χ1v) is 3.04. The van der Waals surface area contributed by atoms with Gasteiger partial charge in [-0.1, -0.05) is 0 Å². The molecule has 2 nitrogen and oxygen atoms in total. The van der Waals surface area contributed by atoms with Crippen LogP contribution in [0.4, 0.5) is 0 Å². The van der Waals surface area contributed by atoms with E-state index in [9.17, 15) is 0 Å². The second kappa shape index (κ2) is 1.94. The Kier molecular flexibility index (Phi) is 1.39. The van der Waals surface area contributed by atoms with Crippen molar-refractivity contribution in [3.8, 4) is 0 Å². The monoisotopic (exact) mass is 124 g/mol. The average molecular weight is 124 g/mol. The molecule has 0 bridgehead atoms. The van der Waals surface area contributed by atoms with E-state index < -0.39 is 0 Å². The number of rotatable bonds is 0. The standard InChI is InChI=1S/C7H12N2/c1-6-7(2)9(4)5-8(6)3/h1-4H3. The molecule has 0 N–H and O–H groups in total. The highest BCUT2D eigenvalue weighted by molar-refractivity contribution is 5.15. The zero-order valence-electron chi connectivity index (χ0n) is 6.39. The summed E-state index contributed by atoms with van der Waals surface area (Å²) in [5, 5.41) is 0. The first-order chi connectivity index (χ1) is 4.13. The molecule has 0 saturated heterocycles. The largest absolute Gasteiger partial charge is 0.347 e. The van der Waals surface area contributed by atoms with Gasteiger partial charge in [0.25, 0.3) is 0 Å². The van der Waals surface area contributed by atoms with E-state index in [0.717, 1.165) is 0 Å². The van der Waals surface area contributed by atoms with Gasteiger partial charge >= 0.3 is 0 Å². The molecule has 50 valence electrons. The first-order valence-electron chi connectivity index (χ1n) is 3.04. The highest BCUT2D eigenvalue weighted by atomic mass is 15.3. The van der Waals surface area contributed by atoms with Crippen molar-refractivity contribution in [3.05, 3.63) is 18.1 Å². The average Bonchev–Trinajstić information content (AvgIpc) is 1.98. The minimum Gasteiger partial charge on any atom is -0.347 e. The van der Waals surface area contributed by atoms with Crippen LogP contribution in [0.1, 0.15) is 13.8 Å². The predicted octanol–water partition coefficient (Wildman–Crippen LogP) is 1.11. The molecule has 0 spiro atoms. The minimum absolute atomic E-state index is 1.28. The maximum atomic E-state index is 3.11. The summed E-state index contributed by atoms with van der Waals surface area (Å²) in [7, 11) is 4.00. The molecule has 0 aromatic rings. The van der Waals surface area contributed by atoms with Gasteiger partial charge in [0, 0.05) is 25.5 Å². The van der Waals surface area contributed by atoms with E-state index in [1.54, 1.807) is 0 Å². The third-order valence-electron chi connectivity index (χ3n) is 1.83. The van der Waals surface area contributed by atoms with Gasteiger partial charge in [-0.05, 0) is 13.8 Å². The summed E-state index contributed by atoms with van der Waals surface area (Å²) in [6.07, 6.45) is 0. The minimum atomic E-state index is 1.28. The topological polar surface area (TPSA) is 6.48 Å². The van der Waals surface area contributed by atoms with E-state index in [1.807, 2.05) is 23.9 Å². The van der Waals surface area contributed by atoms with Gasteiger partial charge in [0.15, 0.2) is 0 Å². The Morgan fingerprint density at radius 2 is 1.33 bits per heavy atom. The van der Waals surface area contributed by atoms with Crippen molar-refractivity contribution in [2.45, 2.75) is 13.8 Å². The van der Waals surface area contributed by atoms with E-state index in [2.05, 4.69) is 20.5 Å². The Morgan fingerprint density at radius 3 is 1.44 bits per heavy atom. The lowest BCUT2D eigenvalue weighted by molar-refractivity contribution is 0.408. The fourth-order valence-corrected chi connectivity index (χ4v) is 0.860. The fraction of sp³-hybridized carbons (Fsp3) is 0.571. The van der Waals surface area contributed by atoms with Crippen LogP contribution in [0.5, 0.6) is 0 Å². The number of hydrogen-bond donors (Lipinski definition) is 0. The summed E-state index contributed by atoms with van der Waals surface area (Å²) in [5.41, 5.74) is 2.55. The van der Waals surface area contributed by atoms with Gasteiger partial charge in [-0.2, -0.15) is 0 Å². The van der Waals surface area contributed by atoms with Crippen molar-refractivity contribution in [3.63, 3.8) is 0 Å². The molecule has 0 aromatic carbocycles. The number of allylic oxidation sites excluding steroid dienone is 2. The Labute approximate surface area is 56.8 Å². The van der Waals surface area contributed by atoms with E-state index in [0.29, 0.717) is 0 Å². The summed E-state index contributed by atoms with van der Waals surface area (Å²) in [6, 6.07) is 0. The number of hydrogen-bond acceptors (Lipinski definition) is 2. The molecule has 1 heterocycles. The maximum Gasteiger partial charge on any atom is 0.207 e. The summed E-state index contributed by atoms with van der Waals surface area (Å²) in [5.74, 6) is 0. The molecular weight excluding hydrogens is 112 g/mol. The summed E-state index contributed by atoms with van der Waals surface area (Å²) in [6.45, 7) is 7.29. The van der Waals surface area contributed by atoms with Crippen LogP contribution >= 0.6 is 0 Å². The first kappa shape index (κ1) is 6.46. The van der Waals surface area contributed by atoms with Crippen LogP contribution in [0.25, 0.3) is 0 Å². The Morgan fingerprint density at radius 1 is 1.00 bits per heavy atom. The molecule has 0 aromatic heterocycles. The van der Waals surface area contributed by atoms with Crippen LogP contribution in [-0.2, 0) is 0 Å². The molecular formula is C7H12N2. The van der Waals surface area contributed by atoms with Gasteiger partial charge in [0.2, 0.25) is 6.67 Å². The predicted molar refractivity (Wildman–Crippen MR) is 37.1 cm³/mol. The van der Waals surface area contributed by atoms with Crippen molar-refractivity contribution in [2.75, 3.05) is 14.1 Å².